The number of nitro benzene ring substituents is 1. The summed E-state index contributed by atoms with van der Waals surface area (Å²) in [6.45, 7) is 4.55. The van der Waals surface area contributed by atoms with Crippen LogP contribution in [0.15, 0.2) is 17.0 Å². The minimum atomic E-state index is -3.70. The molecule has 0 aliphatic carbocycles. The Labute approximate surface area is 183 Å². The van der Waals surface area contributed by atoms with Crippen molar-refractivity contribution in [2.75, 3.05) is 48.8 Å². The molecule has 1 aliphatic rings. The molecule has 1 atom stereocenters. The molecule has 0 saturated carbocycles. The van der Waals surface area contributed by atoms with E-state index in [-0.39, 0.29) is 10.6 Å². The molecule has 0 radical (unpaired) electrons. The lowest BCUT2D eigenvalue weighted by Gasteiger charge is -2.28. The number of rotatable bonds is 8. The summed E-state index contributed by atoms with van der Waals surface area (Å²) in [5.41, 5.74) is 1.02. The third-order valence-corrected chi connectivity index (χ3v) is 8.11. The second-order valence-corrected chi connectivity index (χ2v) is 10.9. The number of sulfone groups is 1. The molecular formula is C18H27Br2N3O4S. The maximum absolute atomic E-state index is 13.6. The van der Waals surface area contributed by atoms with E-state index in [1.165, 1.54) is 12.1 Å². The number of alkyl halides is 2. The van der Waals surface area contributed by atoms with E-state index < -0.39 is 20.0 Å². The van der Waals surface area contributed by atoms with Gasteiger partial charge in [0.05, 0.1) is 20.8 Å². The number of hydrogen-bond acceptors (Lipinski definition) is 6. The second kappa shape index (κ2) is 10.4. The summed E-state index contributed by atoms with van der Waals surface area (Å²) in [6.07, 6.45) is 1.91. The van der Waals surface area contributed by atoms with Crippen LogP contribution < -0.4 is 4.90 Å². The Hall–Kier alpha value is -0.710. The molecule has 10 heteroatoms. The van der Waals surface area contributed by atoms with Gasteiger partial charge in [-0.1, -0.05) is 31.9 Å². The highest BCUT2D eigenvalue weighted by atomic mass is 79.9. The zero-order valence-electron chi connectivity index (χ0n) is 16.2. The van der Waals surface area contributed by atoms with E-state index in [1.54, 1.807) is 6.92 Å². The van der Waals surface area contributed by atoms with Crippen LogP contribution in [-0.4, -0.2) is 67.4 Å². The summed E-state index contributed by atoms with van der Waals surface area (Å²) in [5.74, 6) is 0. The Morgan fingerprint density at radius 3 is 2.43 bits per heavy atom. The van der Waals surface area contributed by atoms with Crippen molar-refractivity contribution in [1.29, 1.82) is 0 Å². The standard InChI is InChI=1S/C18H27Br2N3O4S/c1-14-12-15(23(24)25)13-17(18(14)22(10-6-19)11-7-20)28(26,27)16-4-3-8-21(2)9-5-16/h12-13,16H,3-11H2,1-2H3. The molecule has 0 amide bonds. The summed E-state index contributed by atoms with van der Waals surface area (Å²) in [5, 5.41) is 12.2. The summed E-state index contributed by atoms with van der Waals surface area (Å²) in [7, 11) is -1.71. The fourth-order valence-electron chi connectivity index (χ4n) is 3.70. The lowest BCUT2D eigenvalue weighted by molar-refractivity contribution is -0.385. The molecule has 1 heterocycles. The minimum Gasteiger partial charge on any atom is -0.369 e. The number of hydrogen-bond donors (Lipinski definition) is 0. The number of nitro groups is 1. The van der Waals surface area contributed by atoms with Crippen molar-refractivity contribution in [3.8, 4) is 0 Å². The van der Waals surface area contributed by atoms with Crippen LogP contribution in [0.3, 0.4) is 0 Å². The highest BCUT2D eigenvalue weighted by Crippen LogP contribution is 2.37. The molecule has 0 spiro atoms. The van der Waals surface area contributed by atoms with Crippen LogP contribution >= 0.6 is 31.9 Å². The monoisotopic (exact) mass is 539 g/mol. The van der Waals surface area contributed by atoms with Crippen LogP contribution in [-0.2, 0) is 9.84 Å². The Bertz CT molecular complexity index is 798. The predicted molar refractivity (Wildman–Crippen MR) is 120 cm³/mol. The molecule has 2 rings (SSSR count). The number of nitrogens with zero attached hydrogens (tertiary/aromatic N) is 3. The topological polar surface area (TPSA) is 83.8 Å². The molecule has 1 aromatic carbocycles. The van der Waals surface area contributed by atoms with Crippen molar-refractivity contribution in [1.82, 2.24) is 4.90 Å². The van der Waals surface area contributed by atoms with E-state index in [1.807, 2.05) is 11.9 Å². The van der Waals surface area contributed by atoms with E-state index in [0.29, 0.717) is 54.4 Å². The summed E-state index contributed by atoms with van der Waals surface area (Å²) < 4.78 is 27.2. The first kappa shape index (κ1) is 23.6. The van der Waals surface area contributed by atoms with E-state index in [4.69, 9.17) is 0 Å². The number of likely N-dealkylation sites (tertiary alicyclic amines) is 1. The zero-order valence-corrected chi connectivity index (χ0v) is 20.2. The van der Waals surface area contributed by atoms with Gasteiger partial charge in [-0.2, -0.15) is 0 Å². The lowest BCUT2D eigenvalue weighted by Crippen LogP contribution is -2.32. The van der Waals surface area contributed by atoms with Gasteiger partial charge in [-0.3, -0.25) is 10.1 Å². The number of non-ortho nitro benzene ring substituents is 1. The molecule has 0 aromatic heterocycles. The average Bonchev–Trinajstić information content (AvgIpc) is 2.86. The van der Waals surface area contributed by atoms with Gasteiger partial charge in [-0.25, -0.2) is 8.42 Å². The fourth-order valence-corrected chi connectivity index (χ4v) is 6.65. The smallest absolute Gasteiger partial charge is 0.271 e. The molecule has 7 nitrogen and oxygen atoms in total. The number of aryl methyl sites for hydroxylation is 1. The van der Waals surface area contributed by atoms with Gasteiger partial charge < -0.3 is 9.80 Å². The molecule has 0 N–H and O–H groups in total. The number of halogens is 2. The Balaban J connectivity index is 2.62. The summed E-state index contributed by atoms with van der Waals surface area (Å²) in [4.78, 5) is 15.1. The van der Waals surface area contributed by atoms with Gasteiger partial charge in [0.1, 0.15) is 0 Å². The Morgan fingerprint density at radius 2 is 1.86 bits per heavy atom. The molecule has 0 bridgehead atoms. The molecular weight excluding hydrogens is 514 g/mol. The van der Waals surface area contributed by atoms with Crippen molar-refractivity contribution in [2.24, 2.45) is 0 Å². The maximum Gasteiger partial charge on any atom is 0.271 e. The van der Waals surface area contributed by atoms with Crippen molar-refractivity contribution < 1.29 is 13.3 Å². The van der Waals surface area contributed by atoms with Gasteiger partial charge >= 0.3 is 0 Å². The largest absolute Gasteiger partial charge is 0.369 e. The second-order valence-electron chi connectivity index (χ2n) is 7.13. The molecule has 158 valence electrons. The van der Waals surface area contributed by atoms with Gasteiger partial charge in [0, 0.05) is 35.9 Å². The van der Waals surface area contributed by atoms with Crippen LogP contribution in [0.4, 0.5) is 11.4 Å². The minimum absolute atomic E-state index is 0.0932. The first-order valence-corrected chi connectivity index (χ1v) is 13.1. The number of benzene rings is 1. The molecule has 1 aliphatic heterocycles. The molecule has 1 unspecified atom stereocenters. The van der Waals surface area contributed by atoms with E-state index in [0.717, 1.165) is 13.0 Å². The lowest BCUT2D eigenvalue weighted by atomic mass is 10.1. The van der Waals surface area contributed by atoms with Gasteiger partial charge in [0.15, 0.2) is 9.84 Å². The molecule has 1 aromatic rings. The fraction of sp³-hybridized carbons (Fsp3) is 0.667. The zero-order chi connectivity index (χ0) is 20.9. The Kier molecular flexibility index (Phi) is 8.72. The van der Waals surface area contributed by atoms with Gasteiger partial charge in [-0.15, -0.1) is 0 Å². The van der Waals surface area contributed by atoms with E-state index >= 15 is 0 Å². The quantitative estimate of drug-likeness (QED) is 0.283. The summed E-state index contributed by atoms with van der Waals surface area (Å²) >= 11 is 6.86. The van der Waals surface area contributed by atoms with Gasteiger partial charge in [-0.05, 0) is 51.9 Å². The maximum atomic E-state index is 13.6. The van der Waals surface area contributed by atoms with E-state index in [2.05, 4.69) is 36.8 Å². The van der Waals surface area contributed by atoms with Crippen molar-refractivity contribution in [3.05, 3.63) is 27.8 Å². The van der Waals surface area contributed by atoms with Crippen molar-refractivity contribution >= 4 is 53.1 Å². The third-order valence-electron chi connectivity index (χ3n) is 5.13. The summed E-state index contributed by atoms with van der Waals surface area (Å²) in [6, 6.07) is 2.71. The van der Waals surface area contributed by atoms with Gasteiger partial charge in [0.25, 0.3) is 5.69 Å². The van der Waals surface area contributed by atoms with Crippen LogP contribution in [0.5, 0.6) is 0 Å². The van der Waals surface area contributed by atoms with Crippen molar-refractivity contribution in [2.45, 2.75) is 36.3 Å². The first-order chi connectivity index (χ1) is 13.2. The van der Waals surface area contributed by atoms with Crippen molar-refractivity contribution in [3.63, 3.8) is 0 Å². The highest BCUT2D eigenvalue weighted by molar-refractivity contribution is 9.09. The van der Waals surface area contributed by atoms with E-state index in [9.17, 15) is 18.5 Å². The Morgan fingerprint density at radius 1 is 1.21 bits per heavy atom. The van der Waals surface area contributed by atoms with Gasteiger partial charge in [0.2, 0.25) is 0 Å². The molecule has 1 fully saturated rings. The highest BCUT2D eigenvalue weighted by Gasteiger charge is 2.34. The van der Waals surface area contributed by atoms with Crippen LogP contribution in [0.25, 0.3) is 0 Å². The molecule has 1 saturated heterocycles. The van der Waals surface area contributed by atoms with Crippen LogP contribution in [0.2, 0.25) is 0 Å². The average molecular weight is 541 g/mol. The van der Waals surface area contributed by atoms with Crippen LogP contribution in [0, 0.1) is 17.0 Å². The van der Waals surface area contributed by atoms with Crippen LogP contribution in [0.1, 0.15) is 24.8 Å². The first-order valence-electron chi connectivity index (χ1n) is 9.30. The molecule has 28 heavy (non-hydrogen) atoms. The predicted octanol–water partition coefficient (Wildman–Crippen LogP) is 3.76. The SMILES string of the molecule is Cc1cc([N+](=O)[O-])cc(S(=O)(=O)C2CCCN(C)CC2)c1N(CCBr)CCBr. The number of anilines is 1. The normalized spacial score (nSPS) is 18.6. The third kappa shape index (κ3) is 5.46.